The molecule has 1 rings (SSSR count). The minimum atomic E-state index is -0.279. The van der Waals surface area contributed by atoms with Gasteiger partial charge in [0.2, 0.25) is 0 Å². The zero-order chi connectivity index (χ0) is 9.68. The first-order chi connectivity index (χ1) is 6.27. The Bertz CT molecular complexity index is 169. The molecule has 1 amide bonds. The Morgan fingerprint density at radius 1 is 1.62 bits per heavy atom. The summed E-state index contributed by atoms with van der Waals surface area (Å²) < 4.78 is 9.95. The highest BCUT2D eigenvalue weighted by Crippen LogP contribution is 2.12. The van der Waals surface area contributed by atoms with Gasteiger partial charge in [0.15, 0.2) is 0 Å². The van der Waals surface area contributed by atoms with Crippen molar-refractivity contribution in [2.45, 2.75) is 12.5 Å². The lowest BCUT2D eigenvalue weighted by Gasteiger charge is -2.37. The molecule has 1 fully saturated rings. The minimum Gasteiger partial charge on any atom is -0.453 e. The molecule has 1 heterocycles. The molecule has 0 unspecified atom stereocenters. The van der Waals surface area contributed by atoms with Crippen molar-refractivity contribution in [2.24, 2.45) is 5.73 Å². The molecule has 5 nitrogen and oxygen atoms in total. The molecule has 5 heteroatoms. The minimum absolute atomic E-state index is 0.172. The van der Waals surface area contributed by atoms with E-state index in [-0.39, 0.29) is 12.2 Å². The number of methoxy groups -OCH3 is 1. The second kappa shape index (κ2) is 5.04. The zero-order valence-electron chi connectivity index (χ0n) is 7.86. The summed E-state index contributed by atoms with van der Waals surface area (Å²) in [7, 11) is 1.38. The van der Waals surface area contributed by atoms with Crippen molar-refractivity contribution in [3.05, 3.63) is 0 Å². The van der Waals surface area contributed by atoms with Crippen LogP contribution in [-0.2, 0) is 9.47 Å². The van der Waals surface area contributed by atoms with E-state index in [9.17, 15) is 4.79 Å². The van der Waals surface area contributed by atoms with Gasteiger partial charge >= 0.3 is 6.09 Å². The summed E-state index contributed by atoms with van der Waals surface area (Å²) in [5, 5.41) is 0. The van der Waals surface area contributed by atoms with Crippen LogP contribution in [0.1, 0.15) is 6.42 Å². The van der Waals surface area contributed by atoms with E-state index in [2.05, 4.69) is 4.74 Å². The summed E-state index contributed by atoms with van der Waals surface area (Å²) in [6.45, 7) is 2.60. The third-order valence-electron chi connectivity index (χ3n) is 1.98. The monoisotopic (exact) mass is 188 g/mol. The molecule has 0 spiro atoms. The summed E-state index contributed by atoms with van der Waals surface area (Å²) in [5.41, 5.74) is 5.31. The summed E-state index contributed by atoms with van der Waals surface area (Å²) >= 11 is 0. The topological polar surface area (TPSA) is 64.8 Å². The summed E-state index contributed by atoms with van der Waals surface area (Å²) in [5.74, 6) is 0. The van der Waals surface area contributed by atoms with Crippen LogP contribution in [0.5, 0.6) is 0 Å². The maximum Gasteiger partial charge on any atom is 0.409 e. The first-order valence-corrected chi connectivity index (χ1v) is 4.42. The van der Waals surface area contributed by atoms with Crippen molar-refractivity contribution in [1.82, 2.24) is 4.90 Å². The average Bonchev–Trinajstić information content (AvgIpc) is 2.08. The molecule has 0 atom stereocenters. The van der Waals surface area contributed by atoms with E-state index in [1.165, 1.54) is 7.11 Å². The summed E-state index contributed by atoms with van der Waals surface area (Å²) in [6, 6.07) is 0. The van der Waals surface area contributed by atoms with Crippen molar-refractivity contribution in [1.29, 1.82) is 0 Å². The van der Waals surface area contributed by atoms with Crippen LogP contribution in [0.15, 0.2) is 0 Å². The fourth-order valence-corrected chi connectivity index (χ4v) is 1.16. The molecule has 1 aliphatic heterocycles. The smallest absolute Gasteiger partial charge is 0.409 e. The van der Waals surface area contributed by atoms with Crippen LogP contribution in [0.2, 0.25) is 0 Å². The molecule has 0 saturated carbocycles. The second-order valence-electron chi connectivity index (χ2n) is 3.01. The lowest BCUT2D eigenvalue weighted by Crippen LogP contribution is -2.54. The molecule has 0 aromatic rings. The maximum absolute atomic E-state index is 10.9. The van der Waals surface area contributed by atoms with E-state index in [4.69, 9.17) is 10.5 Å². The first kappa shape index (κ1) is 10.3. The molecule has 0 bridgehead atoms. The molecule has 0 aliphatic carbocycles. The second-order valence-corrected chi connectivity index (χ2v) is 3.01. The third kappa shape index (κ3) is 2.86. The molecule has 13 heavy (non-hydrogen) atoms. The van der Waals surface area contributed by atoms with Gasteiger partial charge in [0.25, 0.3) is 0 Å². The number of nitrogens with two attached hydrogens (primary N) is 1. The number of nitrogens with zero attached hydrogens (tertiary/aromatic N) is 1. The van der Waals surface area contributed by atoms with Crippen molar-refractivity contribution in [3.8, 4) is 0 Å². The highest BCUT2D eigenvalue weighted by Gasteiger charge is 2.31. The summed E-state index contributed by atoms with van der Waals surface area (Å²) in [6.07, 6.45) is 0.763. The van der Waals surface area contributed by atoms with E-state index in [0.717, 1.165) is 6.42 Å². The number of hydrogen-bond acceptors (Lipinski definition) is 4. The predicted molar refractivity (Wildman–Crippen MR) is 47.4 cm³/mol. The van der Waals surface area contributed by atoms with Crippen LogP contribution in [-0.4, -0.2) is 50.4 Å². The number of carbonyl (C=O) groups is 1. The molecule has 0 radical (unpaired) electrons. The van der Waals surface area contributed by atoms with Gasteiger partial charge in [0, 0.05) is 6.61 Å². The van der Waals surface area contributed by atoms with Crippen LogP contribution >= 0.6 is 0 Å². The van der Waals surface area contributed by atoms with Gasteiger partial charge in [-0.25, -0.2) is 4.79 Å². The molecule has 0 aromatic carbocycles. The summed E-state index contributed by atoms with van der Waals surface area (Å²) in [4.78, 5) is 12.5. The van der Waals surface area contributed by atoms with Crippen LogP contribution < -0.4 is 5.73 Å². The number of ether oxygens (including phenoxy) is 2. The molecular formula is C8H16N2O3. The van der Waals surface area contributed by atoms with E-state index >= 15 is 0 Å². The van der Waals surface area contributed by atoms with Gasteiger partial charge in [-0.3, -0.25) is 0 Å². The molecule has 2 N–H and O–H groups in total. The quantitative estimate of drug-likeness (QED) is 0.621. The van der Waals surface area contributed by atoms with E-state index < -0.39 is 0 Å². The van der Waals surface area contributed by atoms with Crippen molar-refractivity contribution >= 4 is 6.09 Å². The SMILES string of the molecule is COC(=O)N1CC(OCCCN)C1. The molecule has 1 saturated heterocycles. The van der Waals surface area contributed by atoms with Gasteiger partial charge in [-0.15, -0.1) is 0 Å². The van der Waals surface area contributed by atoms with Gasteiger partial charge in [0.05, 0.1) is 26.3 Å². The van der Waals surface area contributed by atoms with Crippen LogP contribution in [0, 0.1) is 0 Å². The Hall–Kier alpha value is -0.810. The van der Waals surface area contributed by atoms with Gasteiger partial charge in [-0.2, -0.15) is 0 Å². The van der Waals surface area contributed by atoms with Gasteiger partial charge < -0.3 is 20.1 Å². The van der Waals surface area contributed by atoms with E-state index in [0.29, 0.717) is 26.2 Å². The fourth-order valence-electron chi connectivity index (χ4n) is 1.16. The highest BCUT2D eigenvalue weighted by atomic mass is 16.5. The van der Waals surface area contributed by atoms with Gasteiger partial charge in [-0.1, -0.05) is 0 Å². The number of amides is 1. The van der Waals surface area contributed by atoms with Crippen molar-refractivity contribution < 1.29 is 14.3 Å². The Morgan fingerprint density at radius 3 is 2.85 bits per heavy atom. The third-order valence-corrected chi connectivity index (χ3v) is 1.98. The number of likely N-dealkylation sites (tertiary alicyclic amines) is 1. The molecule has 1 aliphatic rings. The molecule has 0 aromatic heterocycles. The lowest BCUT2D eigenvalue weighted by atomic mass is 10.2. The first-order valence-electron chi connectivity index (χ1n) is 4.42. The number of hydrogen-bond donors (Lipinski definition) is 1. The Balaban J connectivity index is 2.01. The normalized spacial score (nSPS) is 16.9. The van der Waals surface area contributed by atoms with Crippen LogP contribution in [0.3, 0.4) is 0 Å². The maximum atomic E-state index is 10.9. The predicted octanol–water partition coefficient (Wildman–Crippen LogP) is -0.198. The standard InChI is InChI=1S/C8H16N2O3/c1-12-8(11)10-5-7(6-10)13-4-2-3-9/h7H,2-6,9H2,1H3. The van der Waals surface area contributed by atoms with Gasteiger partial charge in [0.1, 0.15) is 0 Å². The number of rotatable bonds is 4. The lowest BCUT2D eigenvalue weighted by molar-refractivity contribution is -0.0469. The Kier molecular flexibility index (Phi) is 3.98. The van der Waals surface area contributed by atoms with Crippen LogP contribution in [0.25, 0.3) is 0 Å². The Labute approximate surface area is 77.8 Å². The van der Waals surface area contributed by atoms with Gasteiger partial charge in [-0.05, 0) is 13.0 Å². The highest BCUT2D eigenvalue weighted by molar-refractivity contribution is 5.68. The van der Waals surface area contributed by atoms with Crippen molar-refractivity contribution in [2.75, 3.05) is 33.4 Å². The Morgan fingerprint density at radius 2 is 2.31 bits per heavy atom. The van der Waals surface area contributed by atoms with E-state index in [1.54, 1.807) is 4.90 Å². The average molecular weight is 188 g/mol. The zero-order valence-corrected chi connectivity index (χ0v) is 7.86. The fraction of sp³-hybridized carbons (Fsp3) is 0.875. The number of carbonyl (C=O) groups excluding carboxylic acids is 1. The van der Waals surface area contributed by atoms with Crippen LogP contribution in [0.4, 0.5) is 4.79 Å². The van der Waals surface area contributed by atoms with E-state index in [1.807, 2.05) is 0 Å². The largest absolute Gasteiger partial charge is 0.453 e. The molecular weight excluding hydrogens is 172 g/mol. The molecule has 76 valence electrons. The van der Waals surface area contributed by atoms with Crippen molar-refractivity contribution in [3.63, 3.8) is 0 Å².